The molecule has 0 spiro atoms. The van der Waals surface area contributed by atoms with E-state index in [-0.39, 0.29) is 18.0 Å². The van der Waals surface area contributed by atoms with Gasteiger partial charge in [-0.15, -0.1) is 0 Å². The van der Waals surface area contributed by atoms with Crippen molar-refractivity contribution >= 4 is 5.97 Å². The molecule has 0 aliphatic heterocycles. The van der Waals surface area contributed by atoms with Crippen LogP contribution >= 0.6 is 0 Å². The standard InChI is InChI=1S/C15H26O2/c1-5-9-14(16)17-13-8-12-15(4,10-6-2)11-7-3/h5-7,9-11,13H2,1-4H3. The van der Waals surface area contributed by atoms with Crippen LogP contribution in [-0.4, -0.2) is 12.6 Å². The Morgan fingerprint density at radius 1 is 1.12 bits per heavy atom. The van der Waals surface area contributed by atoms with E-state index >= 15 is 0 Å². The van der Waals surface area contributed by atoms with Gasteiger partial charge < -0.3 is 4.74 Å². The molecular formula is C15H26O2. The molecule has 0 rings (SSSR count). The number of ether oxygens (including phenoxy) is 1. The molecular weight excluding hydrogens is 212 g/mol. The van der Waals surface area contributed by atoms with Crippen LogP contribution in [0, 0.1) is 17.3 Å². The molecule has 0 aromatic rings. The molecule has 0 radical (unpaired) electrons. The van der Waals surface area contributed by atoms with Gasteiger partial charge in [0.1, 0.15) is 0 Å². The summed E-state index contributed by atoms with van der Waals surface area (Å²) < 4.78 is 5.02. The first kappa shape index (κ1) is 16.0. The van der Waals surface area contributed by atoms with Crippen molar-refractivity contribution in [2.75, 3.05) is 6.61 Å². The third kappa shape index (κ3) is 7.85. The van der Waals surface area contributed by atoms with E-state index in [2.05, 4.69) is 32.6 Å². The number of carbonyl (C=O) groups is 1. The SMILES string of the molecule is CCCC(=O)OCC#CC(C)(CCC)CCC. The lowest BCUT2D eigenvalue weighted by molar-refractivity contribution is -0.142. The summed E-state index contributed by atoms with van der Waals surface area (Å²) in [6.07, 6.45) is 5.81. The smallest absolute Gasteiger partial charge is 0.306 e. The highest BCUT2D eigenvalue weighted by molar-refractivity contribution is 5.69. The van der Waals surface area contributed by atoms with E-state index in [4.69, 9.17) is 4.74 Å². The average molecular weight is 238 g/mol. The Morgan fingerprint density at radius 3 is 2.18 bits per heavy atom. The molecule has 0 heterocycles. The molecule has 17 heavy (non-hydrogen) atoms. The fourth-order valence-corrected chi connectivity index (χ4v) is 2.00. The zero-order chi connectivity index (χ0) is 13.1. The van der Waals surface area contributed by atoms with Crippen molar-refractivity contribution < 1.29 is 9.53 Å². The van der Waals surface area contributed by atoms with Crippen molar-refractivity contribution in [3.8, 4) is 11.8 Å². The highest BCUT2D eigenvalue weighted by atomic mass is 16.5. The molecule has 0 fully saturated rings. The summed E-state index contributed by atoms with van der Waals surface area (Å²) >= 11 is 0. The molecule has 0 aliphatic rings. The predicted octanol–water partition coefficient (Wildman–Crippen LogP) is 3.94. The largest absolute Gasteiger partial charge is 0.452 e. The molecule has 2 heteroatoms. The fraction of sp³-hybridized carbons (Fsp3) is 0.800. The first-order valence-corrected chi connectivity index (χ1v) is 6.73. The van der Waals surface area contributed by atoms with E-state index in [1.807, 2.05) is 6.92 Å². The summed E-state index contributed by atoms with van der Waals surface area (Å²) in [4.78, 5) is 11.1. The van der Waals surface area contributed by atoms with Crippen molar-refractivity contribution in [1.82, 2.24) is 0 Å². The van der Waals surface area contributed by atoms with Crippen LogP contribution in [0.25, 0.3) is 0 Å². The van der Waals surface area contributed by atoms with Crippen molar-refractivity contribution in [2.45, 2.75) is 66.2 Å². The zero-order valence-corrected chi connectivity index (χ0v) is 11.8. The first-order valence-electron chi connectivity index (χ1n) is 6.73. The molecule has 0 saturated carbocycles. The van der Waals surface area contributed by atoms with Crippen LogP contribution in [0.4, 0.5) is 0 Å². The van der Waals surface area contributed by atoms with Crippen molar-refractivity contribution in [3.63, 3.8) is 0 Å². The monoisotopic (exact) mass is 238 g/mol. The van der Waals surface area contributed by atoms with Gasteiger partial charge in [-0.3, -0.25) is 4.79 Å². The van der Waals surface area contributed by atoms with Crippen molar-refractivity contribution in [1.29, 1.82) is 0 Å². The minimum Gasteiger partial charge on any atom is -0.452 e. The summed E-state index contributed by atoms with van der Waals surface area (Å²) in [6.45, 7) is 8.75. The lowest BCUT2D eigenvalue weighted by Gasteiger charge is -2.22. The Hall–Kier alpha value is -0.970. The third-order valence-electron chi connectivity index (χ3n) is 2.75. The summed E-state index contributed by atoms with van der Waals surface area (Å²) in [5.41, 5.74) is 0.0840. The molecule has 98 valence electrons. The second-order valence-corrected chi connectivity index (χ2v) is 4.77. The maximum atomic E-state index is 11.1. The van der Waals surface area contributed by atoms with Gasteiger partial charge in [-0.2, -0.15) is 0 Å². The molecule has 0 N–H and O–H groups in total. The summed E-state index contributed by atoms with van der Waals surface area (Å²) in [5.74, 6) is 6.12. The van der Waals surface area contributed by atoms with Crippen LogP contribution in [0.5, 0.6) is 0 Å². The van der Waals surface area contributed by atoms with E-state index in [1.165, 1.54) is 0 Å². The Morgan fingerprint density at radius 2 is 1.71 bits per heavy atom. The topological polar surface area (TPSA) is 26.3 Å². The predicted molar refractivity (Wildman–Crippen MR) is 71.6 cm³/mol. The maximum Gasteiger partial charge on any atom is 0.306 e. The van der Waals surface area contributed by atoms with E-state index in [1.54, 1.807) is 0 Å². The van der Waals surface area contributed by atoms with Gasteiger partial charge in [0, 0.05) is 11.8 Å². The minimum absolute atomic E-state index is 0.0840. The number of carbonyl (C=O) groups excluding carboxylic acids is 1. The Kier molecular flexibility index (Phi) is 8.58. The molecule has 0 saturated heterocycles. The normalized spacial score (nSPS) is 10.6. The van der Waals surface area contributed by atoms with Gasteiger partial charge in [-0.1, -0.05) is 45.5 Å². The van der Waals surface area contributed by atoms with Gasteiger partial charge in [-0.25, -0.2) is 0 Å². The molecule has 0 aromatic heterocycles. The maximum absolute atomic E-state index is 11.1. The third-order valence-corrected chi connectivity index (χ3v) is 2.75. The molecule has 0 bridgehead atoms. The zero-order valence-electron chi connectivity index (χ0n) is 11.8. The van der Waals surface area contributed by atoms with Crippen LogP contribution in [0.3, 0.4) is 0 Å². The Bertz CT molecular complexity index is 264. The highest BCUT2D eigenvalue weighted by Crippen LogP contribution is 2.27. The lowest BCUT2D eigenvalue weighted by atomic mass is 9.82. The minimum atomic E-state index is -0.144. The van der Waals surface area contributed by atoms with E-state index < -0.39 is 0 Å². The van der Waals surface area contributed by atoms with E-state index in [0.717, 1.165) is 32.1 Å². The molecule has 0 amide bonds. The molecule has 0 aromatic carbocycles. The van der Waals surface area contributed by atoms with Crippen molar-refractivity contribution in [3.05, 3.63) is 0 Å². The number of esters is 1. The van der Waals surface area contributed by atoms with Gasteiger partial charge in [0.25, 0.3) is 0 Å². The lowest BCUT2D eigenvalue weighted by Crippen LogP contribution is -2.13. The number of hydrogen-bond acceptors (Lipinski definition) is 2. The molecule has 0 unspecified atom stereocenters. The van der Waals surface area contributed by atoms with Crippen LogP contribution in [-0.2, 0) is 9.53 Å². The quantitative estimate of drug-likeness (QED) is 0.496. The highest BCUT2D eigenvalue weighted by Gasteiger charge is 2.18. The van der Waals surface area contributed by atoms with E-state index in [0.29, 0.717) is 6.42 Å². The number of hydrogen-bond donors (Lipinski definition) is 0. The second kappa shape index (κ2) is 9.10. The first-order chi connectivity index (χ1) is 8.08. The Labute approximate surface area is 106 Å². The fourth-order valence-electron chi connectivity index (χ4n) is 2.00. The van der Waals surface area contributed by atoms with Crippen LogP contribution in [0.15, 0.2) is 0 Å². The average Bonchev–Trinajstić information content (AvgIpc) is 2.26. The van der Waals surface area contributed by atoms with Crippen molar-refractivity contribution in [2.24, 2.45) is 5.41 Å². The number of rotatable bonds is 7. The summed E-state index contributed by atoms with van der Waals surface area (Å²) in [6, 6.07) is 0. The second-order valence-electron chi connectivity index (χ2n) is 4.77. The Balaban J connectivity index is 4.14. The van der Waals surface area contributed by atoms with Gasteiger partial charge >= 0.3 is 5.97 Å². The summed E-state index contributed by atoms with van der Waals surface area (Å²) in [7, 11) is 0. The van der Waals surface area contributed by atoms with Gasteiger partial charge in [-0.05, 0) is 26.2 Å². The van der Waals surface area contributed by atoms with Crippen LogP contribution < -0.4 is 0 Å². The van der Waals surface area contributed by atoms with Gasteiger partial charge in [0.2, 0.25) is 0 Å². The molecule has 0 atom stereocenters. The molecule has 2 nitrogen and oxygen atoms in total. The summed E-state index contributed by atoms with van der Waals surface area (Å²) in [5, 5.41) is 0. The van der Waals surface area contributed by atoms with Gasteiger partial charge in [0.15, 0.2) is 6.61 Å². The van der Waals surface area contributed by atoms with Crippen LogP contribution in [0.1, 0.15) is 66.2 Å². The van der Waals surface area contributed by atoms with Crippen LogP contribution in [0.2, 0.25) is 0 Å². The molecule has 0 aliphatic carbocycles. The van der Waals surface area contributed by atoms with Gasteiger partial charge in [0.05, 0.1) is 0 Å². The van der Waals surface area contributed by atoms with E-state index in [9.17, 15) is 4.79 Å².